The van der Waals surface area contributed by atoms with Crippen molar-refractivity contribution in [2.24, 2.45) is 0 Å². The fourth-order valence-corrected chi connectivity index (χ4v) is 3.41. The molecule has 1 unspecified atom stereocenters. The first-order chi connectivity index (χ1) is 9.54. The van der Waals surface area contributed by atoms with E-state index >= 15 is 0 Å². The minimum atomic E-state index is -0.775. The van der Waals surface area contributed by atoms with E-state index in [0.717, 1.165) is 5.75 Å². The van der Waals surface area contributed by atoms with Crippen LogP contribution in [0.3, 0.4) is 0 Å². The quantitative estimate of drug-likeness (QED) is 0.921. The zero-order valence-corrected chi connectivity index (χ0v) is 12.8. The number of nitrogens with zero attached hydrogens (tertiary/aromatic N) is 1. The third kappa shape index (κ3) is 3.72. The molecule has 0 aromatic heterocycles. The highest BCUT2D eigenvalue weighted by Crippen LogP contribution is 2.28. The lowest BCUT2D eigenvalue weighted by atomic mass is 10.0. The van der Waals surface area contributed by atoms with E-state index in [0.29, 0.717) is 28.0 Å². The number of rotatable bonds is 4. The Bertz CT molecular complexity index is 554. The molecular weight excluding hydrogens is 319 g/mol. The van der Waals surface area contributed by atoms with Crippen LogP contribution in [0.1, 0.15) is 6.42 Å². The van der Waals surface area contributed by atoms with Gasteiger partial charge in [-0.2, -0.15) is 17.0 Å². The van der Waals surface area contributed by atoms with Crippen molar-refractivity contribution in [2.45, 2.75) is 12.0 Å². The molecule has 1 aromatic rings. The van der Waals surface area contributed by atoms with Crippen LogP contribution in [0, 0.1) is 11.3 Å². The Morgan fingerprint density at radius 1 is 1.55 bits per heavy atom. The lowest BCUT2D eigenvalue weighted by Gasteiger charge is -2.21. The Balaban J connectivity index is 1.92. The van der Waals surface area contributed by atoms with E-state index in [4.69, 9.17) is 27.9 Å². The average Bonchev–Trinajstić information content (AvgIpc) is 2.89. The molecule has 106 valence electrons. The van der Waals surface area contributed by atoms with Crippen molar-refractivity contribution in [1.29, 1.82) is 5.26 Å². The van der Waals surface area contributed by atoms with Gasteiger partial charge in [-0.25, -0.2) is 0 Å². The van der Waals surface area contributed by atoms with E-state index in [1.165, 1.54) is 0 Å². The fourth-order valence-electron chi connectivity index (χ4n) is 1.81. The van der Waals surface area contributed by atoms with Gasteiger partial charge in [0.1, 0.15) is 11.3 Å². The van der Waals surface area contributed by atoms with Gasteiger partial charge in [0.25, 0.3) is 5.91 Å². The maximum atomic E-state index is 11.9. The van der Waals surface area contributed by atoms with Crippen LogP contribution in [-0.4, -0.2) is 29.6 Å². The first-order valence-electron chi connectivity index (χ1n) is 5.92. The maximum Gasteiger partial charge on any atom is 0.259 e. The molecule has 1 heterocycles. The summed E-state index contributed by atoms with van der Waals surface area (Å²) in [7, 11) is 0. The Morgan fingerprint density at radius 3 is 3.00 bits per heavy atom. The molecule has 4 nitrogen and oxygen atoms in total. The SMILES string of the molecule is N#CC1(NC(=O)COc2cc(Cl)ccc2Cl)CCSC1. The van der Waals surface area contributed by atoms with E-state index < -0.39 is 5.54 Å². The second-order valence-corrected chi connectivity index (χ2v) is 6.36. The average molecular weight is 331 g/mol. The summed E-state index contributed by atoms with van der Waals surface area (Å²) in [4.78, 5) is 11.9. The normalized spacial score (nSPS) is 21.2. The summed E-state index contributed by atoms with van der Waals surface area (Å²) in [6.07, 6.45) is 0.651. The molecular formula is C13H12Cl2N2O2S. The monoisotopic (exact) mass is 330 g/mol. The van der Waals surface area contributed by atoms with Gasteiger partial charge < -0.3 is 10.1 Å². The van der Waals surface area contributed by atoms with Crippen LogP contribution in [-0.2, 0) is 4.79 Å². The highest BCUT2D eigenvalue weighted by atomic mass is 35.5. The van der Waals surface area contributed by atoms with Gasteiger partial charge in [-0.05, 0) is 24.3 Å². The van der Waals surface area contributed by atoms with E-state index in [-0.39, 0.29) is 12.5 Å². The number of nitrogens with one attached hydrogen (secondary N) is 1. The van der Waals surface area contributed by atoms with Crippen molar-refractivity contribution in [1.82, 2.24) is 5.32 Å². The van der Waals surface area contributed by atoms with E-state index in [2.05, 4.69) is 11.4 Å². The Labute approximate surface area is 131 Å². The maximum absolute atomic E-state index is 11.9. The number of benzene rings is 1. The van der Waals surface area contributed by atoms with Crippen molar-refractivity contribution in [3.8, 4) is 11.8 Å². The Morgan fingerprint density at radius 2 is 2.35 bits per heavy atom. The fraction of sp³-hybridized carbons (Fsp3) is 0.385. The molecule has 1 aliphatic heterocycles. The number of halogens is 2. The second-order valence-electron chi connectivity index (χ2n) is 4.41. The molecule has 1 aliphatic rings. The third-order valence-electron chi connectivity index (χ3n) is 2.87. The second kappa shape index (κ2) is 6.57. The number of nitriles is 1. The van der Waals surface area contributed by atoms with Crippen LogP contribution in [0.25, 0.3) is 0 Å². The third-order valence-corrected chi connectivity index (χ3v) is 4.60. The van der Waals surface area contributed by atoms with Crippen LogP contribution in [0.4, 0.5) is 0 Å². The predicted octanol–water partition coefficient (Wildman–Crippen LogP) is 2.89. The summed E-state index contributed by atoms with van der Waals surface area (Å²) >= 11 is 13.4. The number of carbonyl (C=O) groups excluding carboxylic acids is 1. The number of hydrogen-bond donors (Lipinski definition) is 1. The molecule has 20 heavy (non-hydrogen) atoms. The molecule has 0 spiro atoms. The van der Waals surface area contributed by atoms with Gasteiger partial charge in [0.15, 0.2) is 6.61 Å². The van der Waals surface area contributed by atoms with Crippen molar-refractivity contribution < 1.29 is 9.53 Å². The van der Waals surface area contributed by atoms with Gasteiger partial charge in [-0.1, -0.05) is 23.2 Å². The molecule has 0 radical (unpaired) electrons. The molecule has 1 atom stereocenters. The van der Waals surface area contributed by atoms with Crippen LogP contribution in [0.15, 0.2) is 18.2 Å². The number of hydrogen-bond acceptors (Lipinski definition) is 4. The number of amides is 1. The van der Waals surface area contributed by atoms with Gasteiger partial charge in [0.05, 0.1) is 11.1 Å². The van der Waals surface area contributed by atoms with Gasteiger partial charge in [-0.3, -0.25) is 4.79 Å². The highest BCUT2D eigenvalue weighted by Gasteiger charge is 2.36. The molecule has 1 fully saturated rings. The number of ether oxygens (including phenoxy) is 1. The van der Waals surface area contributed by atoms with Crippen molar-refractivity contribution >= 4 is 40.9 Å². The van der Waals surface area contributed by atoms with E-state index in [1.54, 1.807) is 30.0 Å². The standard InChI is InChI=1S/C13H12Cl2N2O2S/c14-9-1-2-10(15)11(5-9)19-6-12(18)17-13(7-16)3-4-20-8-13/h1-2,5H,3-4,6,8H2,(H,17,18). The summed E-state index contributed by atoms with van der Waals surface area (Å²) < 4.78 is 5.33. The minimum Gasteiger partial charge on any atom is -0.482 e. The van der Waals surface area contributed by atoms with Gasteiger partial charge in [0, 0.05) is 16.8 Å². The molecule has 2 rings (SSSR count). The molecule has 7 heteroatoms. The highest BCUT2D eigenvalue weighted by molar-refractivity contribution is 7.99. The summed E-state index contributed by atoms with van der Waals surface area (Å²) in [5, 5.41) is 12.8. The largest absolute Gasteiger partial charge is 0.482 e. The molecule has 1 N–H and O–H groups in total. The molecule has 1 amide bonds. The zero-order valence-electron chi connectivity index (χ0n) is 10.5. The summed E-state index contributed by atoms with van der Waals surface area (Å²) in [6.45, 7) is -0.200. The van der Waals surface area contributed by atoms with Crippen molar-refractivity contribution in [3.63, 3.8) is 0 Å². The first-order valence-corrected chi connectivity index (χ1v) is 7.84. The molecule has 1 aromatic carbocycles. The number of carbonyl (C=O) groups is 1. The van der Waals surface area contributed by atoms with Gasteiger partial charge in [0.2, 0.25) is 0 Å². The molecule has 0 aliphatic carbocycles. The van der Waals surface area contributed by atoms with Crippen molar-refractivity contribution in [3.05, 3.63) is 28.2 Å². The Kier molecular flexibility index (Phi) is 5.03. The van der Waals surface area contributed by atoms with Crippen LogP contribution < -0.4 is 10.1 Å². The van der Waals surface area contributed by atoms with E-state index in [9.17, 15) is 10.1 Å². The van der Waals surface area contributed by atoms with Crippen LogP contribution in [0.2, 0.25) is 10.0 Å². The topological polar surface area (TPSA) is 62.1 Å². The van der Waals surface area contributed by atoms with Crippen molar-refractivity contribution in [2.75, 3.05) is 18.1 Å². The lowest BCUT2D eigenvalue weighted by molar-refractivity contribution is -0.124. The molecule has 0 bridgehead atoms. The Hall–Kier alpha value is -1.09. The summed E-state index contributed by atoms with van der Waals surface area (Å²) in [6, 6.07) is 6.95. The van der Waals surface area contributed by atoms with Gasteiger partial charge in [-0.15, -0.1) is 0 Å². The van der Waals surface area contributed by atoms with Gasteiger partial charge >= 0.3 is 0 Å². The zero-order chi connectivity index (χ0) is 14.6. The molecule has 1 saturated heterocycles. The minimum absolute atomic E-state index is 0.200. The predicted molar refractivity (Wildman–Crippen MR) is 80.4 cm³/mol. The number of thioether (sulfide) groups is 1. The first kappa shape index (κ1) is 15.3. The smallest absolute Gasteiger partial charge is 0.259 e. The lowest BCUT2D eigenvalue weighted by Crippen LogP contribution is -2.49. The summed E-state index contributed by atoms with van der Waals surface area (Å²) in [5.41, 5.74) is -0.775. The summed E-state index contributed by atoms with van der Waals surface area (Å²) in [5.74, 6) is 1.48. The molecule has 0 saturated carbocycles. The van der Waals surface area contributed by atoms with Crippen LogP contribution in [0.5, 0.6) is 5.75 Å². The van der Waals surface area contributed by atoms with Crippen LogP contribution >= 0.6 is 35.0 Å². The van der Waals surface area contributed by atoms with E-state index in [1.807, 2.05) is 0 Å².